The Morgan fingerprint density at radius 3 is 1.80 bits per heavy atom. The van der Waals surface area contributed by atoms with Crippen LogP contribution in [0.3, 0.4) is 0 Å². The smallest absolute Gasteiger partial charge is 0.251 e. The second-order valence-corrected chi connectivity index (χ2v) is 24.7. The van der Waals surface area contributed by atoms with Crippen LogP contribution < -0.4 is 4.43 Å². The van der Waals surface area contributed by atoms with Gasteiger partial charge in [-0.1, -0.05) is 98.3 Å². The van der Waals surface area contributed by atoms with Gasteiger partial charge in [0.2, 0.25) is 0 Å². The molecule has 1 heterocycles. The van der Waals surface area contributed by atoms with Crippen LogP contribution in [0.2, 0.25) is 36.3 Å². The topological polar surface area (TPSA) is 35.5 Å². The van der Waals surface area contributed by atoms with Crippen LogP contribution in [0.5, 0.6) is 5.75 Å². The Balaban J connectivity index is 2.24. The van der Waals surface area contributed by atoms with Gasteiger partial charge in [-0.25, -0.2) is 0 Å². The number of ketones is 1. The summed E-state index contributed by atoms with van der Waals surface area (Å²) in [5.41, 5.74) is 1.41. The van der Waals surface area contributed by atoms with E-state index in [1.165, 1.54) is 98.3 Å². The summed E-state index contributed by atoms with van der Waals surface area (Å²) in [6, 6.07) is 16.7. The molecule has 1 aliphatic rings. The van der Waals surface area contributed by atoms with Crippen LogP contribution in [0.4, 0.5) is 0 Å². The van der Waals surface area contributed by atoms with Crippen LogP contribution in [0.1, 0.15) is 118 Å². The number of hydrogen-bond acceptors (Lipinski definition) is 5. The van der Waals surface area contributed by atoms with Crippen molar-refractivity contribution in [3.63, 3.8) is 0 Å². The third-order valence-electron chi connectivity index (χ3n) is 9.01. The third kappa shape index (κ3) is 13.7. The lowest BCUT2D eigenvalue weighted by Gasteiger charge is -2.42. The maximum atomic E-state index is 11.8. The van der Waals surface area contributed by atoms with Crippen molar-refractivity contribution in [1.29, 1.82) is 0 Å². The molecule has 1 aliphatic heterocycles. The highest BCUT2D eigenvalue weighted by molar-refractivity contribution is 8.18. The summed E-state index contributed by atoms with van der Waals surface area (Å²) in [6.07, 6.45) is 16.7. The zero-order valence-electron chi connectivity index (χ0n) is 29.5. The molecule has 0 aromatic heterocycles. The lowest BCUT2D eigenvalue weighted by atomic mass is 10.0. The molecule has 44 heavy (non-hydrogen) atoms. The summed E-state index contributed by atoms with van der Waals surface area (Å²) in [5, 5.41) is 0. The van der Waals surface area contributed by atoms with E-state index in [9.17, 15) is 4.79 Å². The molecule has 0 unspecified atom stereocenters. The van der Waals surface area contributed by atoms with Gasteiger partial charge in [0.25, 0.3) is 8.32 Å². The highest BCUT2D eigenvalue weighted by Crippen LogP contribution is 2.50. The van der Waals surface area contributed by atoms with E-state index in [1.54, 1.807) is 13.0 Å². The molecule has 3 nitrogen and oxygen atoms in total. The molecule has 7 heteroatoms. The first-order valence-corrected chi connectivity index (χ1v) is 25.2. The SMILES string of the molecule is CCC[Si](CCC)(CCC)Oc1ccc(CCC2(C[C@@H](C/C=C/C(C)=O)O[Si](CCC)(CCC)CCC)SCCCS2)cc1. The van der Waals surface area contributed by atoms with E-state index in [0.717, 1.165) is 31.4 Å². The van der Waals surface area contributed by atoms with Crippen molar-refractivity contribution in [2.75, 3.05) is 11.5 Å². The summed E-state index contributed by atoms with van der Waals surface area (Å²) in [7, 11) is -3.56. The Morgan fingerprint density at radius 1 is 0.818 bits per heavy atom. The van der Waals surface area contributed by atoms with Gasteiger partial charge in [0.15, 0.2) is 14.1 Å². The Labute approximate surface area is 283 Å². The number of hydrogen-bond donors (Lipinski definition) is 0. The fraction of sp³-hybridized carbons (Fsp3) is 0.757. The van der Waals surface area contributed by atoms with E-state index < -0.39 is 16.6 Å². The summed E-state index contributed by atoms with van der Waals surface area (Å²) < 4.78 is 14.4. The van der Waals surface area contributed by atoms with Crippen LogP contribution in [0.15, 0.2) is 36.4 Å². The summed E-state index contributed by atoms with van der Waals surface area (Å²) in [6.45, 7) is 15.6. The van der Waals surface area contributed by atoms with Gasteiger partial charge in [-0.05, 0) is 111 Å². The molecule has 1 aromatic carbocycles. The lowest BCUT2D eigenvalue weighted by Crippen LogP contribution is -2.43. The first kappa shape index (κ1) is 39.7. The van der Waals surface area contributed by atoms with Gasteiger partial charge in [-0.15, -0.1) is 23.5 Å². The zero-order valence-corrected chi connectivity index (χ0v) is 33.2. The quantitative estimate of drug-likeness (QED) is 0.0803. The maximum Gasteiger partial charge on any atom is 0.251 e. The molecule has 0 saturated carbocycles. The number of carbonyl (C=O) groups excluding carboxylic acids is 1. The fourth-order valence-electron chi connectivity index (χ4n) is 7.36. The number of carbonyl (C=O) groups is 1. The molecule has 1 atom stereocenters. The van der Waals surface area contributed by atoms with Crippen molar-refractivity contribution in [1.82, 2.24) is 0 Å². The second kappa shape index (κ2) is 21.4. The molecule has 0 aliphatic carbocycles. The number of rotatable bonds is 24. The Bertz CT molecular complexity index is 913. The Hall–Kier alpha value is -0.476. The first-order valence-electron chi connectivity index (χ1n) is 18.1. The van der Waals surface area contributed by atoms with E-state index in [2.05, 4.69) is 95.4 Å². The largest absolute Gasteiger partial charge is 0.543 e. The van der Waals surface area contributed by atoms with Crippen molar-refractivity contribution < 1.29 is 13.6 Å². The molecule has 1 aromatic rings. The molecule has 1 fully saturated rings. The molecule has 0 amide bonds. The maximum absolute atomic E-state index is 11.8. The molecule has 0 N–H and O–H groups in total. The zero-order chi connectivity index (χ0) is 32.3. The summed E-state index contributed by atoms with van der Waals surface area (Å²) >= 11 is 4.36. The normalized spacial score (nSPS) is 16.3. The van der Waals surface area contributed by atoms with Gasteiger partial charge in [0, 0.05) is 0 Å². The van der Waals surface area contributed by atoms with Crippen molar-refractivity contribution in [2.45, 2.75) is 166 Å². The van der Waals surface area contributed by atoms with Crippen molar-refractivity contribution >= 4 is 45.9 Å². The first-order chi connectivity index (χ1) is 21.2. The Kier molecular flexibility index (Phi) is 19.3. The van der Waals surface area contributed by atoms with E-state index in [1.807, 2.05) is 0 Å². The third-order valence-corrected chi connectivity index (χ3v) is 22.5. The average Bonchev–Trinajstić information content (AvgIpc) is 2.98. The van der Waals surface area contributed by atoms with E-state index >= 15 is 0 Å². The molecular weight excluding hydrogens is 613 g/mol. The van der Waals surface area contributed by atoms with Crippen LogP contribution in [-0.2, 0) is 15.6 Å². The second-order valence-electron chi connectivity index (χ2n) is 13.3. The van der Waals surface area contributed by atoms with Crippen LogP contribution >= 0.6 is 23.5 Å². The van der Waals surface area contributed by atoms with Crippen molar-refractivity contribution in [3.8, 4) is 5.75 Å². The fourth-order valence-corrected chi connectivity index (χ4v) is 20.0. The number of aryl methyl sites for hydroxylation is 1. The van der Waals surface area contributed by atoms with Crippen LogP contribution in [-0.4, -0.2) is 44.1 Å². The standard InChI is InChI=1S/C37H66O3S2Si2/c1-8-26-43(27-9-2,28-10-3)39-35-20-18-34(19-21-35)22-23-37(41-24-15-25-42-37)32-36(17-14-16-33(7)38)40-44(29-11-4,30-12-5)31-13-6/h14,16,18-21,36H,8-13,15,17,22-32H2,1-7H3/b16-14+/t36-/m1/s1. The Morgan fingerprint density at radius 2 is 1.32 bits per heavy atom. The van der Waals surface area contributed by atoms with E-state index in [0.29, 0.717) is 0 Å². The minimum atomic E-state index is -1.83. The molecule has 1 saturated heterocycles. The summed E-state index contributed by atoms with van der Waals surface area (Å²) in [5.74, 6) is 3.68. The van der Waals surface area contributed by atoms with Gasteiger partial charge in [0.05, 0.1) is 10.2 Å². The molecule has 0 bridgehead atoms. The number of benzene rings is 1. The average molecular weight is 679 g/mol. The van der Waals surface area contributed by atoms with Gasteiger partial charge >= 0.3 is 0 Å². The molecule has 0 radical (unpaired) electrons. The molecule has 2 rings (SSSR count). The van der Waals surface area contributed by atoms with Gasteiger partial charge in [-0.2, -0.15) is 0 Å². The monoisotopic (exact) mass is 678 g/mol. The van der Waals surface area contributed by atoms with E-state index in [4.69, 9.17) is 8.85 Å². The van der Waals surface area contributed by atoms with Crippen molar-refractivity contribution in [3.05, 3.63) is 42.0 Å². The van der Waals surface area contributed by atoms with E-state index in [-0.39, 0.29) is 16.0 Å². The van der Waals surface area contributed by atoms with Crippen LogP contribution in [0.25, 0.3) is 0 Å². The predicted molar refractivity (Wildman–Crippen MR) is 204 cm³/mol. The number of thioether (sulfide) groups is 2. The van der Waals surface area contributed by atoms with Crippen LogP contribution in [0, 0.1) is 0 Å². The summed E-state index contributed by atoms with van der Waals surface area (Å²) in [4.78, 5) is 11.8. The molecule has 252 valence electrons. The van der Waals surface area contributed by atoms with Gasteiger partial charge < -0.3 is 8.85 Å². The predicted octanol–water partition coefficient (Wildman–Crippen LogP) is 12.2. The lowest BCUT2D eigenvalue weighted by molar-refractivity contribution is -0.112. The van der Waals surface area contributed by atoms with Crippen molar-refractivity contribution in [2.24, 2.45) is 0 Å². The highest BCUT2D eigenvalue weighted by atomic mass is 32.2. The minimum absolute atomic E-state index is 0.130. The van der Waals surface area contributed by atoms with Gasteiger partial charge in [-0.3, -0.25) is 4.79 Å². The molecular formula is C37H66O3S2Si2. The minimum Gasteiger partial charge on any atom is -0.543 e. The highest BCUT2D eigenvalue weighted by Gasteiger charge is 2.40. The molecule has 0 spiro atoms. The van der Waals surface area contributed by atoms with Gasteiger partial charge in [0.1, 0.15) is 5.75 Å². The number of allylic oxidation sites excluding steroid dienone is 1.